The van der Waals surface area contributed by atoms with Crippen molar-refractivity contribution < 1.29 is 0 Å². The number of hydrogen-bond donors (Lipinski definition) is 3. The molecule has 0 amide bonds. The van der Waals surface area contributed by atoms with Gasteiger partial charge in [0.1, 0.15) is 6.34 Å². The van der Waals surface area contributed by atoms with Gasteiger partial charge in [-0.05, 0) is 37.3 Å². The summed E-state index contributed by atoms with van der Waals surface area (Å²) in [5.41, 5.74) is 6.78. The molecule has 0 radical (unpaired) electrons. The first-order chi connectivity index (χ1) is 10.1. The van der Waals surface area contributed by atoms with Gasteiger partial charge in [0.2, 0.25) is 0 Å². The lowest BCUT2D eigenvalue weighted by Gasteiger charge is -2.23. The number of nitrogens with one attached hydrogen (secondary N) is 3. The molecule has 2 aromatic rings. The normalized spacial score (nSPS) is 20.3. The fourth-order valence-corrected chi connectivity index (χ4v) is 3.12. The SMILES string of the molecule is CC1(Nc2ccc(Sc3ccccc3)c(Cl)c2)N=CNN1. The molecule has 0 aliphatic carbocycles. The third-order valence-electron chi connectivity index (χ3n) is 2.99. The van der Waals surface area contributed by atoms with Crippen molar-refractivity contribution in [2.75, 3.05) is 5.32 Å². The molecule has 0 aromatic heterocycles. The summed E-state index contributed by atoms with van der Waals surface area (Å²) in [6.07, 6.45) is 1.62. The fraction of sp³-hybridized carbons (Fsp3) is 0.133. The topological polar surface area (TPSA) is 48.5 Å². The molecule has 1 heterocycles. The Balaban J connectivity index is 1.75. The Morgan fingerprint density at radius 1 is 1.19 bits per heavy atom. The Labute approximate surface area is 133 Å². The van der Waals surface area contributed by atoms with E-state index in [0.29, 0.717) is 5.02 Å². The van der Waals surface area contributed by atoms with Crippen molar-refractivity contribution in [1.29, 1.82) is 0 Å². The zero-order chi connectivity index (χ0) is 14.7. The summed E-state index contributed by atoms with van der Waals surface area (Å²) < 4.78 is 0. The Hall–Kier alpha value is -1.69. The second kappa shape index (κ2) is 5.97. The largest absolute Gasteiger partial charge is 0.348 e. The van der Waals surface area contributed by atoms with Gasteiger partial charge in [-0.3, -0.25) is 0 Å². The van der Waals surface area contributed by atoms with Crippen molar-refractivity contribution in [2.24, 2.45) is 4.99 Å². The molecule has 3 rings (SSSR count). The number of hydrogen-bond acceptors (Lipinski definition) is 5. The molecule has 21 heavy (non-hydrogen) atoms. The van der Waals surface area contributed by atoms with E-state index in [4.69, 9.17) is 11.6 Å². The van der Waals surface area contributed by atoms with Gasteiger partial charge in [0, 0.05) is 15.5 Å². The quantitative estimate of drug-likeness (QED) is 0.804. The average molecular weight is 319 g/mol. The van der Waals surface area contributed by atoms with Gasteiger partial charge in [-0.15, -0.1) is 0 Å². The highest BCUT2D eigenvalue weighted by atomic mass is 35.5. The molecule has 1 atom stereocenters. The third-order valence-corrected chi connectivity index (χ3v) is 4.50. The number of nitrogens with zero attached hydrogens (tertiary/aromatic N) is 1. The summed E-state index contributed by atoms with van der Waals surface area (Å²) in [4.78, 5) is 6.47. The second-order valence-electron chi connectivity index (χ2n) is 4.79. The molecule has 3 N–H and O–H groups in total. The smallest absolute Gasteiger partial charge is 0.199 e. The first-order valence-corrected chi connectivity index (χ1v) is 7.71. The van der Waals surface area contributed by atoms with Crippen LogP contribution < -0.4 is 16.2 Å². The fourth-order valence-electron chi connectivity index (χ4n) is 1.99. The molecule has 1 aliphatic heterocycles. The van der Waals surface area contributed by atoms with Crippen LogP contribution in [0.25, 0.3) is 0 Å². The lowest BCUT2D eigenvalue weighted by atomic mass is 10.3. The monoisotopic (exact) mass is 318 g/mol. The van der Waals surface area contributed by atoms with Crippen LogP contribution in [0.5, 0.6) is 0 Å². The van der Waals surface area contributed by atoms with E-state index in [1.165, 1.54) is 4.90 Å². The van der Waals surface area contributed by atoms with Gasteiger partial charge in [-0.25, -0.2) is 4.99 Å². The first kappa shape index (κ1) is 14.3. The van der Waals surface area contributed by atoms with Crippen molar-refractivity contribution in [3.05, 3.63) is 53.6 Å². The molecule has 108 valence electrons. The molecule has 4 nitrogen and oxygen atoms in total. The van der Waals surface area contributed by atoms with Gasteiger partial charge in [-0.1, -0.05) is 41.6 Å². The van der Waals surface area contributed by atoms with Gasteiger partial charge in [0.05, 0.1) is 5.02 Å². The van der Waals surface area contributed by atoms with Crippen molar-refractivity contribution in [3.8, 4) is 0 Å². The van der Waals surface area contributed by atoms with E-state index < -0.39 is 5.79 Å². The van der Waals surface area contributed by atoms with Crippen LogP contribution in [0.4, 0.5) is 5.69 Å². The lowest BCUT2D eigenvalue weighted by Crippen LogP contribution is -2.48. The summed E-state index contributed by atoms with van der Waals surface area (Å²) in [6, 6.07) is 16.1. The highest BCUT2D eigenvalue weighted by Crippen LogP contribution is 2.35. The number of benzene rings is 2. The molecular formula is C15H15ClN4S. The third kappa shape index (κ3) is 3.50. The lowest BCUT2D eigenvalue weighted by molar-refractivity contribution is 0.436. The summed E-state index contributed by atoms with van der Waals surface area (Å²) in [5.74, 6) is -0.558. The zero-order valence-corrected chi connectivity index (χ0v) is 13.0. The number of halogens is 1. The van der Waals surface area contributed by atoms with Gasteiger partial charge in [0.15, 0.2) is 5.79 Å². The van der Waals surface area contributed by atoms with Crippen LogP contribution in [0.1, 0.15) is 6.92 Å². The molecule has 2 aromatic carbocycles. The molecule has 6 heteroatoms. The summed E-state index contributed by atoms with van der Waals surface area (Å²) in [7, 11) is 0. The van der Waals surface area contributed by atoms with Gasteiger partial charge >= 0.3 is 0 Å². The predicted molar refractivity (Wildman–Crippen MR) is 88.8 cm³/mol. The van der Waals surface area contributed by atoms with Crippen molar-refractivity contribution in [2.45, 2.75) is 22.5 Å². The van der Waals surface area contributed by atoms with Crippen molar-refractivity contribution >= 4 is 35.4 Å². The molecule has 0 saturated carbocycles. The summed E-state index contributed by atoms with van der Waals surface area (Å²) in [6.45, 7) is 1.93. The van der Waals surface area contributed by atoms with E-state index in [0.717, 1.165) is 10.6 Å². The summed E-state index contributed by atoms with van der Waals surface area (Å²) >= 11 is 8.02. The van der Waals surface area contributed by atoms with E-state index in [1.54, 1.807) is 18.1 Å². The molecule has 1 aliphatic rings. The van der Waals surface area contributed by atoms with Crippen LogP contribution in [0.2, 0.25) is 5.02 Å². The van der Waals surface area contributed by atoms with Crippen LogP contribution >= 0.6 is 23.4 Å². The Morgan fingerprint density at radius 3 is 2.67 bits per heavy atom. The Bertz CT molecular complexity index is 662. The maximum Gasteiger partial charge on any atom is 0.199 e. The van der Waals surface area contributed by atoms with E-state index in [9.17, 15) is 0 Å². The van der Waals surface area contributed by atoms with E-state index >= 15 is 0 Å². The van der Waals surface area contributed by atoms with E-state index in [-0.39, 0.29) is 0 Å². The molecule has 0 saturated heterocycles. The maximum atomic E-state index is 6.37. The number of aliphatic imine (C=N–C) groups is 1. The minimum Gasteiger partial charge on any atom is -0.348 e. The van der Waals surface area contributed by atoms with E-state index in [2.05, 4.69) is 33.3 Å². The zero-order valence-electron chi connectivity index (χ0n) is 11.4. The molecule has 0 fully saturated rings. The molecule has 1 unspecified atom stereocenters. The van der Waals surface area contributed by atoms with Crippen molar-refractivity contribution in [3.63, 3.8) is 0 Å². The number of anilines is 1. The summed E-state index contributed by atoms with van der Waals surface area (Å²) in [5, 5.41) is 4.00. The maximum absolute atomic E-state index is 6.37. The molecule has 0 spiro atoms. The first-order valence-electron chi connectivity index (χ1n) is 6.52. The number of rotatable bonds is 4. The average Bonchev–Trinajstić information content (AvgIpc) is 2.89. The van der Waals surface area contributed by atoms with Crippen LogP contribution in [-0.4, -0.2) is 12.1 Å². The van der Waals surface area contributed by atoms with Crippen molar-refractivity contribution in [1.82, 2.24) is 10.9 Å². The minimum absolute atomic E-state index is 0.558. The van der Waals surface area contributed by atoms with Gasteiger partial charge in [0.25, 0.3) is 0 Å². The van der Waals surface area contributed by atoms with Crippen LogP contribution in [0.15, 0.2) is 63.3 Å². The van der Waals surface area contributed by atoms with Gasteiger partial charge < -0.3 is 10.7 Å². The Morgan fingerprint density at radius 2 is 2.00 bits per heavy atom. The van der Waals surface area contributed by atoms with Crippen LogP contribution in [0, 0.1) is 0 Å². The predicted octanol–water partition coefficient (Wildman–Crippen LogP) is 3.71. The van der Waals surface area contributed by atoms with Crippen LogP contribution in [-0.2, 0) is 0 Å². The highest BCUT2D eigenvalue weighted by Gasteiger charge is 2.24. The molecule has 0 bridgehead atoms. The number of hydrazine groups is 1. The van der Waals surface area contributed by atoms with E-state index in [1.807, 2.05) is 43.3 Å². The second-order valence-corrected chi connectivity index (χ2v) is 6.31. The minimum atomic E-state index is -0.558. The van der Waals surface area contributed by atoms with Crippen LogP contribution in [0.3, 0.4) is 0 Å². The standard InChI is InChI=1S/C15H15ClN4S/c1-15(17-10-18-20-15)19-11-7-8-14(13(16)9-11)21-12-5-3-2-4-6-12/h2-10,19-20H,1H3,(H,17,18). The molecular weight excluding hydrogens is 304 g/mol. The highest BCUT2D eigenvalue weighted by molar-refractivity contribution is 7.99. The Kier molecular flexibility index (Phi) is 4.05. The van der Waals surface area contributed by atoms with Gasteiger partial charge in [-0.2, -0.15) is 5.43 Å².